The van der Waals surface area contributed by atoms with E-state index in [4.69, 9.17) is 4.74 Å². The van der Waals surface area contributed by atoms with E-state index >= 15 is 0 Å². The molecule has 1 aromatic heterocycles. The number of carbonyl (C=O) groups excluding carboxylic acids is 2. The molecule has 4 rings (SSSR count). The maximum absolute atomic E-state index is 12.5. The largest absolute Gasteiger partial charge is 0.458 e. The van der Waals surface area contributed by atoms with Crippen molar-refractivity contribution in [2.75, 3.05) is 19.7 Å². The van der Waals surface area contributed by atoms with Crippen molar-refractivity contribution in [3.63, 3.8) is 0 Å². The van der Waals surface area contributed by atoms with Crippen molar-refractivity contribution in [2.45, 2.75) is 12.8 Å². The molecule has 0 spiro atoms. The highest BCUT2D eigenvalue weighted by molar-refractivity contribution is 5.86. The van der Waals surface area contributed by atoms with E-state index in [2.05, 4.69) is 10.1 Å². The van der Waals surface area contributed by atoms with Gasteiger partial charge in [0.05, 0.1) is 12.2 Å². The lowest BCUT2D eigenvalue weighted by atomic mass is 10.2. The maximum atomic E-state index is 12.5. The van der Waals surface area contributed by atoms with Crippen LogP contribution in [0, 0.1) is 0 Å². The number of benzene rings is 2. The Hall–Kier alpha value is -3.48. The van der Waals surface area contributed by atoms with E-state index in [1.807, 2.05) is 60.7 Å². The summed E-state index contributed by atoms with van der Waals surface area (Å²) >= 11 is 0. The third-order valence-corrected chi connectivity index (χ3v) is 4.59. The summed E-state index contributed by atoms with van der Waals surface area (Å²) in [6, 6.07) is 19.1. The van der Waals surface area contributed by atoms with Crippen LogP contribution in [0.1, 0.15) is 23.5 Å². The number of likely N-dealkylation sites (tertiary alicyclic amines) is 1. The van der Waals surface area contributed by atoms with Crippen molar-refractivity contribution in [2.24, 2.45) is 0 Å². The second-order valence-electron chi connectivity index (χ2n) is 6.49. The third-order valence-electron chi connectivity index (χ3n) is 4.59. The highest BCUT2D eigenvalue weighted by Crippen LogP contribution is 2.21. The van der Waals surface area contributed by atoms with Crippen molar-refractivity contribution < 1.29 is 14.3 Å². The molecule has 1 amide bonds. The molecule has 0 saturated carbocycles. The Morgan fingerprint density at radius 3 is 2.43 bits per heavy atom. The Bertz CT molecular complexity index is 913. The highest BCUT2D eigenvalue weighted by atomic mass is 16.5. The van der Waals surface area contributed by atoms with E-state index in [9.17, 15) is 9.59 Å². The van der Waals surface area contributed by atoms with Crippen LogP contribution in [0.5, 0.6) is 0 Å². The second kappa shape index (κ2) is 8.04. The number of carbonyl (C=O) groups is 2. The molecule has 0 aliphatic carbocycles. The highest BCUT2D eigenvalue weighted by Gasteiger charge is 2.22. The molecule has 7 heteroatoms. The van der Waals surface area contributed by atoms with E-state index in [1.165, 1.54) is 0 Å². The Labute approximate surface area is 162 Å². The monoisotopic (exact) mass is 376 g/mol. The molecule has 0 bridgehead atoms. The number of rotatable bonds is 6. The molecule has 1 fully saturated rings. The number of aromatic nitrogens is 3. The van der Waals surface area contributed by atoms with Crippen LogP contribution >= 0.6 is 0 Å². The zero-order valence-electron chi connectivity index (χ0n) is 15.3. The van der Waals surface area contributed by atoms with Crippen molar-refractivity contribution in [1.29, 1.82) is 0 Å². The lowest BCUT2D eigenvalue weighted by molar-refractivity contribution is -0.128. The summed E-state index contributed by atoms with van der Waals surface area (Å²) < 4.78 is 6.94. The molecular weight excluding hydrogens is 356 g/mol. The van der Waals surface area contributed by atoms with Crippen LogP contribution in [0.25, 0.3) is 17.1 Å². The lowest BCUT2D eigenvalue weighted by Gasteiger charge is -2.14. The Balaban J connectivity index is 1.55. The normalized spacial score (nSPS) is 13.7. The van der Waals surface area contributed by atoms with Gasteiger partial charge >= 0.3 is 5.97 Å². The summed E-state index contributed by atoms with van der Waals surface area (Å²) in [5.74, 6) is 0.0660. The zero-order valence-corrected chi connectivity index (χ0v) is 15.3. The van der Waals surface area contributed by atoms with Crippen LogP contribution in [0.4, 0.5) is 0 Å². The maximum Gasteiger partial charge on any atom is 0.378 e. The molecule has 0 radical (unpaired) electrons. The van der Waals surface area contributed by atoms with E-state index in [1.54, 1.807) is 9.58 Å². The van der Waals surface area contributed by atoms with Gasteiger partial charge in [0, 0.05) is 18.5 Å². The Morgan fingerprint density at radius 1 is 1.04 bits per heavy atom. The van der Waals surface area contributed by atoms with Gasteiger partial charge in [0.25, 0.3) is 5.82 Å². The molecule has 2 heterocycles. The minimum atomic E-state index is -0.599. The summed E-state index contributed by atoms with van der Waals surface area (Å²) in [5.41, 5.74) is 1.65. The van der Waals surface area contributed by atoms with Crippen LogP contribution in [0.15, 0.2) is 60.7 Å². The summed E-state index contributed by atoms with van der Waals surface area (Å²) in [6.45, 7) is 1.25. The van der Waals surface area contributed by atoms with Gasteiger partial charge in [-0.05, 0) is 18.6 Å². The molecule has 1 aliphatic heterocycles. The fourth-order valence-corrected chi connectivity index (χ4v) is 3.18. The van der Waals surface area contributed by atoms with Gasteiger partial charge in [-0.1, -0.05) is 48.5 Å². The van der Waals surface area contributed by atoms with Crippen LogP contribution < -0.4 is 0 Å². The first-order valence-electron chi connectivity index (χ1n) is 9.25. The predicted octanol–water partition coefficient (Wildman–Crippen LogP) is 2.71. The second-order valence-corrected chi connectivity index (χ2v) is 6.49. The van der Waals surface area contributed by atoms with Crippen LogP contribution in [0.3, 0.4) is 0 Å². The van der Waals surface area contributed by atoms with Gasteiger partial charge in [-0.2, -0.15) is 0 Å². The molecular formula is C21H20N4O3. The van der Waals surface area contributed by atoms with E-state index in [0.717, 1.165) is 24.2 Å². The van der Waals surface area contributed by atoms with Crippen LogP contribution in [0.2, 0.25) is 0 Å². The van der Waals surface area contributed by atoms with Gasteiger partial charge in [-0.15, -0.1) is 5.10 Å². The van der Waals surface area contributed by atoms with Gasteiger partial charge in [-0.25, -0.2) is 14.5 Å². The van der Waals surface area contributed by atoms with Gasteiger partial charge < -0.3 is 9.64 Å². The molecule has 2 aromatic carbocycles. The summed E-state index contributed by atoms with van der Waals surface area (Å²) in [4.78, 5) is 30.2. The first-order valence-corrected chi connectivity index (χ1v) is 9.25. The standard InChI is InChI=1S/C21H20N4O3/c26-18-12-7-13-24(18)14-15-28-21(27)19-22-20(16-8-3-1-4-9-16)25(23-19)17-10-5-2-6-11-17/h1-6,8-11H,7,12-15H2. The van der Waals surface area contributed by atoms with E-state index < -0.39 is 5.97 Å². The van der Waals surface area contributed by atoms with Gasteiger partial charge in [0.2, 0.25) is 5.91 Å². The third kappa shape index (κ3) is 3.78. The number of hydrogen-bond donors (Lipinski definition) is 0. The molecule has 1 aliphatic rings. The fraction of sp³-hybridized carbons (Fsp3) is 0.238. The molecule has 28 heavy (non-hydrogen) atoms. The molecule has 3 aromatic rings. The molecule has 0 atom stereocenters. The summed E-state index contributed by atoms with van der Waals surface area (Å²) in [6.07, 6.45) is 1.42. The van der Waals surface area contributed by atoms with Crippen molar-refractivity contribution >= 4 is 11.9 Å². The average molecular weight is 376 g/mol. The van der Waals surface area contributed by atoms with Crippen molar-refractivity contribution in [3.8, 4) is 17.1 Å². The zero-order chi connectivity index (χ0) is 19.3. The number of nitrogens with zero attached hydrogens (tertiary/aromatic N) is 4. The van der Waals surface area contributed by atoms with Crippen LogP contribution in [-0.4, -0.2) is 51.2 Å². The lowest BCUT2D eigenvalue weighted by Crippen LogP contribution is -2.29. The van der Waals surface area contributed by atoms with Gasteiger partial charge in [0.1, 0.15) is 6.61 Å². The number of amides is 1. The van der Waals surface area contributed by atoms with Crippen molar-refractivity contribution in [3.05, 3.63) is 66.5 Å². The number of para-hydroxylation sites is 1. The minimum absolute atomic E-state index is 0.00421. The summed E-state index contributed by atoms with van der Waals surface area (Å²) in [5, 5.41) is 4.37. The summed E-state index contributed by atoms with van der Waals surface area (Å²) in [7, 11) is 0. The fourth-order valence-electron chi connectivity index (χ4n) is 3.18. The number of ether oxygens (including phenoxy) is 1. The van der Waals surface area contributed by atoms with E-state index in [0.29, 0.717) is 18.8 Å². The average Bonchev–Trinajstić information content (AvgIpc) is 3.36. The SMILES string of the molecule is O=C(OCCN1CCCC1=O)c1nc(-c2ccccc2)n(-c2ccccc2)n1. The molecule has 0 N–H and O–H groups in total. The molecule has 1 saturated heterocycles. The van der Waals surface area contributed by atoms with E-state index in [-0.39, 0.29) is 18.3 Å². The first kappa shape index (κ1) is 17.9. The molecule has 142 valence electrons. The smallest absolute Gasteiger partial charge is 0.378 e. The Morgan fingerprint density at radius 2 is 1.75 bits per heavy atom. The quantitative estimate of drug-likeness (QED) is 0.618. The molecule has 7 nitrogen and oxygen atoms in total. The number of esters is 1. The Kier molecular flexibility index (Phi) is 5.14. The molecule has 0 unspecified atom stereocenters. The van der Waals surface area contributed by atoms with Gasteiger partial charge in [-0.3, -0.25) is 4.79 Å². The minimum Gasteiger partial charge on any atom is -0.458 e. The first-order chi connectivity index (χ1) is 13.7. The van der Waals surface area contributed by atoms with Crippen molar-refractivity contribution in [1.82, 2.24) is 19.7 Å². The van der Waals surface area contributed by atoms with Crippen LogP contribution in [-0.2, 0) is 9.53 Å². The van der Waals surface area contributed by atoms with Gasteiger partial charge in [0.15, 0.2) is 5.82 Å². The predicted molar refractivity (Wildman–Crippen MR) is 103 cm³/mol. The topological polar surface area (TPSA) is 77.3 Å². The number of hydrogen-bond acceptors (Lipinski definition) is 5.